The molecule has 2 unspecified atom stereocenters. The van der Waals surface area contributed by atoms with Crippen LogP contribution in [0.15, 0.2) is 0 Å². The molecule has 0 radical (unpaired) electrons. The van der Waals surface area contributed by atoms with E-state index in [4.69, 9.17) is 18.9 Å². The molecule has 1 heterocycles. The second kappa shape index (κ2) is 8.10. The maximum absolute atomic E-state index is 13.2. The van der Waals surface area contributed by atoms with Crippen molar-refractivity contribution in [2.24, 2.45) is 0 Å². The number of aliphatic hydroxyl groups excluding tert-OH is 3. The van der Waals surface area contributed by atoms with Crippen molar-refractivity contribution < 1.29 is 38.8 Å². The van der Waals surface area contributed by atoms with E-state index in [1.54, 1.807) is 27.7 Å². The summed E-state index contributed by atoms with van der Waals surface area (Å²) >= 11 is 0. The average Bonchev–Trinajstić information content (AvgIpc) is 2.60. The Labute approximate surface area is 143 Å². The molecule has 144 valence electrons. The number of hydrogen-bond donors (Lipinski definition) is 3. The first kappa shape index (κ1) is 22.0. The summed E-state index contributed by atoms with van der Waals surface area (Å²) in [5, 5.41) is 31.0. The van der Waals surface area contributed by atoms with Crippen LogP contribution in [0.2, 0.25) is 0 Å². The van der Waals surface area contributed by atoms with Crippen molar-refractivity contribution in [1.29, 1.82) is 0 Å². The van der Waals surface area contributed by atoms with E-state index >= 15 is 0 Å². The summed E-state index contributed by atoms with van der Waals surface area (Å²) in [4.78, 5) is 0. The zero-order valence-corrected chi connectivity index (χ0v) is 16.2. The quantitative estimate of drug-likeness (QED) is 0.547. The molecule has 0 saturated carbocycles. The largest absolute Gasteiger partial charge is 0.385 e. The van der Waals surface area contributed by atoms with E-state index in [0.717, 1.165) is 0 Å². The molecule has 3 N–H and O–H groups in total. The summed E-state index contributed by atoms with van der Waals surface area (Å²) < 4.78 is 35.4. The van der Waals surface area contributed by atoms with Gasteiger partial charge >= 0.3 is 0 Å². The van der Waals surface area contributed by atoms with Crippen LogP contribution in [0.1, 0.15) is 40.5 Å². The van der Waals surface area contributed by atoms with Gasteiger partial charge in [0.05, 0.1) is 6.61 Å². The molecule has 24 heavy (non-hydrogen) atoms. The molecule has 1 aliphatic heterocycles. The van der Waals surface area contributed by atoms with Crippen LogP contribution in [-0.2, 0) is 23.5 Å². The smallest absolute Gasteiger partial charge is 0.220 e. The summed E-state index contributed by atoms with van der Waals surface area (Å²) in [6, 6.07) is 0. The summed E-state index contributed by atoms with van der Waals surface area (Å²) in [6.07, 6.45) is -0.779. The zero-order chi connectivity index (χ0) is 18.8. The number of rotatable bonds is 8. The van der Waals surface area contributed by atoms with Crippen molar-refractivity contribution in [2.45, 2.75) is 75.7 Å². The number of ether oxygens (including phenoxy) is 4. The minimum absolute atomic E-state index is 0.124. The molecule has 9 heteroatoms. The summed E-state index contributed by atoms with van der Waals surface area (Å²) in [5.74, 6) is -6.87. The monoisotopic (exact) mass is 370 g/mol. The van der Waals surface area contributed by atoms with Gasteiger partial charge in [-0.2, -0.15) is 0 Å². The van der Waals surface area contributed by atoms with E-state index in [1.165, 1.54) is 14.2 Å². The van der Waals surface area contributed by atoms with Crippen molar-refractivity contribution in [3.05, 3.63) is 0 Å². The van der Waals surface area contributed by atoms with Crippen LogP contribution < -0.4 is 0 Å². The van der Waals surface area contributed by atoms with Crippen molar-refractivity contribution >= 4 is 7.14 Å². The molecule has 1 aliphatic rings. The highest BCUT2D eigenvalue weighted by Crippen LogP contribution is 2.60. The molecule has 0 bridgehead atoms. The fourth-order valence-electron chi connectivity index (χ4n) is 2.81. The van der Waals surface area contributed by atoms with Gasteiger partial charge in [0.25, 0.3) is 0 Å². The maximum Gasteiger partial charge on any atom is 0.220 e. The highest BCUT2D eigenvalue weighted by Gasteiger charge is 2.57. The minimum atomic E-state index is -3.81. The second-order valence-electron chi connectivity index (χ2n) is 6.22. The fraction of sp³-hybridized carbons (Fsp3) is 1.00. The lowest BCUT2D eigenvalue weighted by Crippen LogP contribution is -2.64. The van der Waals surface area contributed by atoms with Crippen LogP contribution >= 0.6 is 7.14 Å². The van der Waals surface area contributed by atoms with Gasteiger partial charge in [0, 0.05) is 14.2 Å². The SMILES string of the molecule is CCC(O)P(=O)(C(O)CC)[C@@H](O)[C@@H]1CO[C@@](C)(OC)[C@](C)(OC)O1. The zero-order valence-electron chi connectivity index (χ0n) is 15.3. The standard InChI is InChI=1S/C15H31O8P/c1-7-11(16)24(19,12(17)8-2)13(18)10-9-22-14(3,20-5)15(4,21-6)23-10/h10-13,16-18H,7-9H2,1-6H3/t10-,11?,12?,13+,14+,15+,24?/m0/s1. The van der Waals surface area contributed by atoms with Gasteiger partial charge in [-0.25, -0.2) is 0 Å². The number of methoxy groups -OCH3 is 2. The molecule has 0 aromatic carbocycles. The van der Waals surface area contributed by atoms with Crippen LogP contribution in [0.4, 0.5) is 0 Å². The third kappa shape index (κ3) is 3.57. The predicted molar refractivity (Wildman–Crippen MR) is 87.9 cm³/mol. The van der Waals surface area contributed by atoms with E-state index in [0.29, 0.717) is 0 Å². The first-order chi connectivity index (χ1) is 11.1. The summed E-state index contributed by atoms with van der Waals surface area (Å²) in [5.41, 5.74) is 0. The van der Waals surface area contributed by atoms with Gasteiger partial charge in [0.2, 0.25) is 11.6 Å². The molecule has 0 aliphatic carbocycles. The Morgan fingerprint density at radius 3 is 1.92 bits per heavy atom. The molecular weight excluding hydrogens is 339 g/mol. The molecule has 8 nitrogen and oxygen atoms in total. The molecule has 0 aromatic heterocycles. The lowest BCUT2D eigenvalue weighted by Gasteiger charge is -2.50. The van der Waals surface area contributed by atoms with Gasteiger partial charge < -0.3 is 38.8 Å². The van der Waals surface area contributed by atoms with E-state index < -0.39 is 42.4 Å². The van der Waals surface area contributed by atoms with E-state index in [-0.39, 0.29) is 19.4 Å². The van der Waals surface area contributed by atoms with Gasteiger partial charge in [-0.15, -0.1) is 0 Å². The highest BCUT2D eigenvalue weighted by atomic mass is 31.2. The van der Waals surface area contributed by atoms with Crippen molar-refractivity contribution in [3.63, 3.8) is 0 Å². The third-order valence-electron chi connectivity index (χ3n) is 4.91. The van der Waals surface area contributed by atoms with Crippen LogP contribution in [0.25, 0.3) is 0 Å². The molecule has 0 aromatic rings. The van der Waals surface area contributed by atoms with E-state index in [1.807, 2.05) is 0 Å². The molecule has 1 rings (SSSR count). The second-order valence-corrected chi connectivity index (χ2v) is 9.47. The van der Waals surface area contributed by atoms with Crippen molar-refractivity contribution in [3.8, 4) is 0 Å². The van der Waals surface area contributed by atoms with Gasteiger partial charge in [0.1, 0.15) is 23.6 Å². The minimum Gasteiger partial charge on any atom is -0.385 e. The first-order valence-electron chi connectivity index (χ1n) is 8.11. The van der Waals surface area contributed by atoms with E-state index in [9.17, 15) is 19.9 Å². The molecule has 1 fully saturated rings. The Kier molecular flexibility index (Phi) is 7.42. The Morgan fingerprint density at radius 1 is 1.08 bits per heavy atom. The molecular formula is C15H31O8P. The Bertz CT molecular complexity index is 447. The Balaban J connectivity index is 3.14. The molecule has 1 saturated heterocycles. The first-order valence-corrected chi connectivity index (χ1v) is 10.0. The van der Waals surface area contributed by atoms with Crippen LogP contribution in [-0.4, -0.2) is 71.4 Å². The van der Waals surface area contributed by atoms with Crippen molar-refractivity contribution in [2.75, 3.05) is 20.8 Å². The van der Waals surface area contributed by atoms with Crippen molar-refractivity contribution in [1.82, 2.24) is 0 Å². The average molecular weight is 370 g/mol. The van der Waals surface area contributed by atoms with Gasteiger partial charge in [-0.05, 0) is 26.7 Å². The fourth-order valence-corrected chi connectivity index (χ4v) is 5.72. The lowest BCUT2D eigenvalue weighted by atomic mass is 10.1. The van der Waals surface area contributed by atoms with Crippen LogP contribution in [0, 0.1) is 0 Å². The Hall–Kier alpha value is -0.0500. The van der Waals surface area contributed by atoms with Crippen LogP contribution in [0.5, 0.6) is 0 Å². The lowest BCUT2D eigenvalue weighted by molar-refractivity contribution is -0.434. The van der Waals surface area contributed by atoms with Gasteiger partial charge in [-0.3, -0.25) is 0 Å². The highest BCUT2D eigenvalue weighted by molar-refractivity contribution is 7.65. The topological polar surface area (TPSA) is 115 Å². The molecule has 6 atom stereocenters. The van der Waals surface area contributed by atoms with E-state index in [2.05, 4.69) is 0 Å². The third-order valence-corrected chi connectivity index (χ3v) is 8.66. The van der Waals surface area contributed by atoms with Gasteiger partial charge in [0.15, 0.2) is 7.14 Å². The molecule has 0 amide bonds. The van der Waals surface area contributed by atoms with Gasteiger partial charge in [-0.1, -0.05) is 13.8 Å². The van der Waals surface area contributed by atoms with Crippen LogP contribution in [0.3, 0.4) is 0 Å². The normalized spacial score (nSPS) is 37.5. The summed E-state index contributed by atoms with van der Waals surface area (Å²) in [6.45, 7) is 6.34. The predicted octanol–water partition coefficient (Wildman–Crippen LogP) is 1.27. The summed E-state index contributed by atoms with van der Waals surface area (Å²) in [7, 11) is -0.979. The number of aliphatic hydroxyl groups is 3. The molecule has 0 spiro atoms. The maximum atomic E-state index is 13.2. The number of hydrogen-bond acceptors (Lipinski definition) is 8. The Morgan fingerprint density at radius 2 is 1.54 bits per heavy atom.